The first-order valence-corrected chi connectivity index (χ1v) is 9.35. The van der Waals surface area contributed by atoms with E-state index in [1.165, 1.54) is 12.1 Å². The molecule has 2 aromatic carbocycles. The van der Waals surface area contributed by atoms with Gasteiger partial charge in [-0.15, -0.1) is 0 Å². The number of hydrogen-bond donors (Lipinski definition) is 2. The number of nitriles is 1. The summed E-state index contributed by atoms with van der Waals surface area (Å²) >= 11 is 0. The molecule has 0 saturated heterocycles. The van der Waals surface area contributed by atoms with E-state index in [2.05, 4.69) is 10.6 Å². The molecular weight excluding hydrogens is 379 g/mol. The zero-order valence-electron chi connectivity index (χ0n) is 16.3. The van der Waals surface area contributed by atoms with Crippen LogP contribution in [0.25, 0.3) is 11.1 Å². The van der Waals surface area contributed by atoms with Crippen LogP contribution in [0.2, 0.25) is 0 Å². The molecule has 2 rings (SSSR count). The molecule has 0 heterocycles. The van der Waals surface area contributed by atoms with Gasteiger partial charge < -0.3 is 5.32 Å². The molecular formula is C22H24F3N3O. The van der Waals surface area contributed by atoms with Crippen molar-refractivity contribution in [3.8, 4) is 17.2 Å². The summed E-state index contributed by atoms with van der Waals surface area (Å²) in [6, 6.07) is 14.1. The van der Waals surface area contributed by atoms with Gasteiger partial charge >= 0.3 is 6.18 Å². The smallest absolute Gasteiger partial charge is 0.339 e. The summed E-state index contributed by atoms with van der Waals surface area (Å²) in [5, 5.41) is 13.5. The lowest BCUT2D eigenvalue weighted by Crippen LogP contribution is -2.49. The van der Waals surface area contributed by atoms with Crippen LogP contribution < -0.4 is 10.6 Å². The Morgan fingerprint density at radius 2 is 1.62 bits per heavy atom. The molecule has 1 amide bonds. The number of halogens is 3. The van der Waals surface area contributed by atoms with E-state index >= 15 is 0 Å². The highest BCUT2D eigenvalue weighted by molar-refractivity contribution is 5.82. The second kappa shape index (κ2) is 10.1. The van der Waals surface area contributed by atoms with E-state index in [0.29, 0.717) is 6.42 Å². The fourth-order valence-corrected chi connectivity index (χ4v) is 3.02. The van der Waals surface area contributed by atoms with Crippen molar-refractivity contribution in [3.05, 3.63) is 60.2 Å². The minimum Gasteiger partial charge on any atom is -0.339 e. The standard InChI is InChI=1S/C22H24F3N3O/c1-15(2)14-19(27-13-12-26)21(29)28-20(22(23,24)25)18-10-8-17(9-11-18)16-6-4-3-5-7-16/h3-11,15,19-20,27H,13-14H2,1-2H3,(H,28,29)/t19-,20?/m0/s1. The zero-order valence-corrected chi connectivity index (χ0v) is 16.3. The third kappa shape index (κ3) is 6.61. The Hall–Kier alpha value is -2.85. The number of alkyl halides is 3. The van der Waals surface area contributed by atoms with Gasteiger partial charge in [0.25, 0.3) is 0 Å². The maximum Gasteiger partial charge on any atom is 0.412 e. The molecule has 0 fully saturated rings. The highest BCUT2D eigenvalue weighted by atomic mass is 19.4. The first kappa shape index (κ1) is 22.4. The van der Waals surface area contributed by atoms with Gasteiger partial charge in [0, 0.05) is 0 Å². The number of nitrogens with zero attached hydrogens (tertiary/aromatic N) is 1. The molecule has 154 valence electrons. The summed E-state index contributed by atoms with van der Waals surface area (Å²) < 4.78 is 41.0. The van der Waals surface area contributed by atoms with Gasteiger partial charge in [-0.1, -0.05) is 68.4 Å². The van der Waals surface area contributed by atoms with E-state index in [4.69, 9.17) is 5.26 Å². The Morgan fingerprint density at radius 1 is 1.03 bits per heavy atom. The lowest BCUT2D eigenvalue weighted by molar-refractivity contribution is -0.164. The lowest BCUT2D eigenvalue weighted by atomic mass is 9.99. The van der Waals surface area contributed by atoms with Crippen LogP contribution >= 0.6 is 0 Å². The monoisotopic (exact) mass is 403 g/mol. The predicted molar refractivity (Wildman–Crippen MR) is 106 cm³/mol. The Balaban J connectivity index is 2.23. The van der Waals surface area contributed by atoms with Crippen molar-refractivity contribution in [2.45, 2.75) is 38.5 Å². The number of benzene rings is 2. The fraction of sp³-hybridized carbons (Fsp3) is 0.364. The van der Waals surface area contributed by atoms with Crippen LogP contribution in [0.4, 0.5) is 13.2 Å². The molecule has 0 saturated carbocycles. The highest BCUT2D eigenvalue weighted by Gasteiger charge is 2.42. The fourth-order valence-electron chi connectivity index (χ4n) is 3.02. The Morgan fingerprint density at radius 3 is 2.14 bits per heavy atom. The van der Waals surface area contributed by atoms with Crippen LogP contribution in [-0.2, 0) is 4.79 Å². The van der Waals surface area contributed by atoms with Gasteiger partial charge in [-0.05, 0) is 29.0 Å². The molecule has 2 aromatic rings. The number of nitrogens with one attached hydrogen (secondary N) is 2. The molecule has 2 atom stereocenters. The van der Waals surface area contributed by atoms with Crippen molar-refractivity contribution in [3.63, 3.8) is 0 Å². The third-order valence-electron chi connectivity index (χ3n) is 4.42. The summed E-state index contributed by atoms with van der Waals surface area (Å²) in [6.45, 7) is 3.60. The van der Waals surface area contributed by atoms with Gasteiger partial charge in [0.05, 0.1) is 18.7 Å². The maximum absolute atomic E-state index is 13.7. The van der Waals surface area contributed by atoms with E-state index in [9.17, 15) is 18.0 Å². The summed E-state index contributed by atoms with van der Waals surface area (Å²) in [7, 11) is 0. The molecule has 4 nitrogen and oxygen atoms in total. The summed E-state index contributed by atoms with van der Waals surface area (Å²) in [5.74, 6) is -0.699. The van der Waals surface area contributed by atoms with Gasteiger partial charge in [-0.25, -0.2) is 0 Å². The summed E-state index contributed by atoms with van der Waals surface area (Å²) in [5.41, 5.74) is 1.63. The Bertz CT molecular complexity index is 827. The average molecular weight is 403 g/mol. The largest absolute Gasteiger partial charge is 0.412 e. The Kier molecular flexibility index (Phi) is 7.80. The van der Waals surface area contributed by atoms with Crippen LogP contribution in [0.3, 0.4) is 0 Å². The summed E-state index contributed by atoms with van der Waals surface area (Å²) in [4.78, 5) is 12.5. The van der Waals surface area contributed by atoms with Crippen LogP contribution in [-0.4, -0.2) is 24.7 Å². The van der Waals surface area contributed by atoms with Gasteiger partial charge in [-0.2, -0.15) is 18.4 Å². The van der Waals surface area contributed by atoms with Crippen molar-refractivity contribution < 1.29 is 18.0 Å². The number of carbonyl (C=O) groups is 1. The molecule has 0 bridgehead atoms. The zero-order chi connectivity index (χ0) is 21.4. The third-order valence-corrected chi connectivity index (χ3v) is 4.42. The minimum atomic E-state index is -4.65. The van der Waals surface area contributed by atoms with E-state index in [1.54, 1.807) is 12.1 Å². The van der Waals surface area contributed by atoms with E-state index < -0.39 is 24.2 Å². The van der Waals surface area contributed by atoms with E-state index in [-0.39, 0.29) is 18.0 Å². The lowest BCUT2D eigenvalue weighted by Gasteiger charge is -2.26. The van der Waals surface area contributed by atoms with Crippen molar-refractivity contribution in [1.82, 2.24) is 10.6 Å². The second-order valence-electron chi connectivity index (χ2n) is 7.19. The molecule has 0 aromatic heterocycles. The van der Waals surface area contributed by atoms with Gasteiger partial charge in [0.2, 0.25) is 5.91 Å². The number of carbonyl (C=O) groups excluding carboxylic acids is 1. The first-order chi connectivity index (χ1) is 13.7. The van der Waals surface area contributed by atoms with E-state index in [0.717, 1.165) is 11.1 Å². The normalized spacial score (nSPS) is 13.6. The SMILES string of the molecule is CC(C)C[C@H](NCC#N)C(=O)NC(c1ccc(-c2ccccc2)cc1)C(F)(F)F. The van der Waals surface area contributed by atoms with Crippen molar-refractivity contribution in [2.24, 2.45) is 5.92 Å². The molecule has 0 spiro atoms. The van der Waals surface area contributed by atoms with Crippen LogP contribution in [0.1, 0.15) is 31.9 Å². The first-order valence-electron chi connectivity index (χ1n) is 9.35. The molecule has 0 aliphatic carbocycles. The molecule has 1 unspecified atom stereocenters. The molecule has 0 aliphatic heterocycles. The number of rotatable bonds is 8. The van der Waals surface area contributed by atoms with Crippen LogP contribution in [0.5, 0.6) is 0 Å². The second-order valence-corrected chi connectivity index (χ2v) is 7.19. The predicted octanol–water partition coefficient (Wildman–Crippen LogP) is 4.60. The molecule has 0 aliphatic rings. The topological polar surface area (TPSA) is 64.9 Å². The highest BCUT2D eigenvalue weighted by Crippen LogP contribution is 2.34. The molecule has 0 radical (unpaired) electrons. The van der Waals surface area contributed by atoms with Crippen molar-refractivity contribution >= 4 is 5.91 Å². The van der Waals surface area contributed by atoms with E-state index in [1.807, 2.05) is 50.2 Å². The molecule has 2 N–H and O–H groups in total. The van der Waals surface area contributed by atoms with Gasteiger partial charge in [0.1, 0.15) is 0 Å². The minimum absolute atomic E-state index is 0.0471. The summed E-state index contributed by atoms with van der Waals surface area (Å²) in [6.07, 6.45) is -4.33. The Labute approximate surface area is 168 Å². The molecule has 7 heteroatoms. The van der Waals surface area contributed by atoms with Crippen LogP contribution in [0, 0.1) is 17.2 Å². The van der Waals surface area contributed by atoms with Crippen LogP contribution in [0.15, 0.2) is 54.6 Å². The number of amides is 1. The quantitative estimate of drug-likeness (QED) is 0.633. The van der Waals surface area contributed by atoms with Gasteiger partial charge in [0.15, 0.2) is 6.04 Å². The average Bonchev–Trinajstić information content (AvgIpc) is 2.69. The molecule has 29 heavy (non-hydrogen) atoms. The van der Waals surface area contributed by atoms with Gasteiger partial charge in [-0.3, -0.25) is 10.1 Å². The number of hydrogen-bond acceptors (Lipinski definition) is 3. The maximum atomic E-state index is 13.7. The van der Waals surface area contributed by atoms with Crippen molar-refractivity contribution in [2.75, 3.05) is 6.54 Å². The van der Waals surface area contributed by atoms with Crippen molar-refractivity contribution in [1.29, 1.82) is 5.26 Å².